The van der Waals surface area contributed by atoms with Crippen molar-refractivity contribution in [3.63, 3.8) is 0 Å². The lowest BCUT2D eigenvalue weighted by Gasteiger charge is -2.40. The van der Waals surface area contributed by atoms with E-state index in [0.29, 0.717) is 36.1 Å². The number of piperidine rings is 3. The van der Waals surface area contributed by atoms with Crippen molar-refractivity contribution in [2.75, 3.05) is 43.4 Å². The molecule has 1 aromatic carbocycles. The van der Waals surface area contributed by atoms with Crippen LogP contribution in [0.4, 0.5) is 10.8 Å². The van der Waals surface area contributed by atoms with Crippen LogP contribution >= 0.6 is 11.3 Å². The van der Waals surface area contributed by atoms with Crippen LogP contribution in [0.1, 0.15) is 75.2 Å². The molecule has 0 saturated carbocycles. The number of fused-ring (bicyclic) bond motifs is 2. The van der Waals surface area contributed by atoms with Crippen LogP contribution in [0.2, 0.25) is 0 Å². The number of hydrogen-bond donors (Lipinski definition) is 2. The Hall–Kier alpha value is -6.54. The number of likely N-dealkylation sites (tertiary alicyclic amines) is 1. The highest BCUT2D eigenvalue weighted by atomic mass is 32.1. The summed E-state index contributed by atoms with van der Waals surface area (Å²) >= 11 is 1.54. The molecule has 3 fully saturated rings. The van der Waals surface area contributed by atoms with Crippen molar-refractivity contribution < 1.29 is 24.0 Å². The van der Waals surface area contributed by atoms with Crippen LogP contribution in [-0.2, 0) is 9.59 Å². The van der Waals surface area contributed by atoms with Crippen molar-refractivity contribution in [2.24, 2.45) is 11.8 Å². The van der Waals surface area contributed by atoms with Gasteiger partial charge in [0.15, 0.2) is 5.01 Å². The van der Waals surface area contributed by atoms with Gasteiger partial charge in [0.1, 0.15) is 12.1 Å². The van der Waals surface area contributed by atoms with Gasteiger partial charge < -0.3 is 15.1 Å². The van der Waals surface area contributed by atoms with Gasteiger partial charge in [0, 0.05) is 57.1 Å². The maximum Gasteiger partial charge on any atom is 0.262 e. The van der Waals surface area contributed by atoms with E-state index in [1.54, 1.807) is 40.4 Å². The summed E-state index contributed by atoms with van der Waals surface area (Å²) in [6.45, 7) is 2.95. The van der Waals surface area contributed by atoms with Gasteiger partial charge in [-0.1, -0.05) is 11.3 Å². The minimum Gasteiger partial charge on any atom is -0.387 e. The Morgan fingerprint density at radius 1 is 0.877 bits per heavy atom. The molecular formula is C40H37N11O5S. The zero-order valence-corrected chi connectivity index (χ0v) is 31.8. The standard InChI is InChI=1S/C40H37N11O5S/c1-42-30-18-31(32-5-3-26-16-22(19-41)20-44-51(26)32)43-21-29(30)36-46-47-40(57-36)49-14-10-24(11-15-49)23-8-12-48(13-9-23)37(54)25-2-4-27-28(17-25)39(56)50(38(27)55)33-6-7-34(52)45-35(33)53/h2-5,16-18,20-21,23-24,33H,6-15H2,1H3,(H,42,43)(H,45,52,53). The number of nitrogens with one attached hydrogen (secondary N) is 2. The molecule has 2 N–H and O–H groups in total. The van der Waals surface area contributed by atoms with Gasteiger partial charge in [-0.25, -0.2) is 4.52 Å². The highest BCUT2D eigenvalue weighted by Gasteiger charge is 2.45. The molecule has 288 valence electrons. The number of nitriles is 1. The first-order valence-electron chi connectivity index (χ1n) is 19.0. The molecule has 5 aromatic rings. The minimum atomic E-state index is -1.05. The van der Waals surface area contributed by atoms with Crippen molar-refractivity contribution in [3.05, 3.63) is 77.1 Å². The zero-order valence-electron chi connectivity index (χ0n) is 31.0. The van der Waals surface area contributed by atoms with Gasteiger partial charge >= 0.3 is 0 Å². The monoisotopic (exact) mass is 783 g/mol. The van der Waals surface area contributed by atoms with Gasteiger partial charge in [0.05, 0.1) is 45.4 Å². The Bertz CT molecular complexity index is 2530. The quantitative estimate of drug-likeness (QED) is 0.225. The van der Waals surface area contributed by atoms with Crippen LogP contribution in [0.3, 0.4) is 0 Å². The third-order valence-electron chi connectivity index (χ3n) is 11.7. The fraction of sp³-hybridized carbons (Fsp3) is 0.350. The summed E-state index contributed by atoms with van der Waals surface area (Å²) in [4.78, 5) is 73.8. The summed E-state index contributed by atoms with van der Waals surface area (Å²) in [7, 11) is 1.86. The number of amides is 5. The van der Waals surface area contributed by atoms with E-state index in [2.05, 4.69) is 36.9 Å². The van der Waals surface area contributed by atoms with E-state index in [-0.39, 0.29) is 29.9 Å². The molecule has 4 aliphatic rings. The summed E-state index contributed by atoms with van der Waals surface area (Å²) in [5.74, 6) is -1.48. The first kappa shape index (κ1) is 36.1. The normalized spacial score (nSPS) is 19.2. The number of rotatable bonds is 7. The molecule has 3 saturated heterocycles. The van der Waals surface area contributed by atoms with E-state index in [1.807, 2.05) is 30.1 Å². The fourth-order valence-electron chi connectivity index (χ4n) is 8.60. The lowest BCUT2D eigenvalue weighted by atomic mass is 9.79. The molecule has 0 aliphatic carbocycles. The second kappa shape index (κ2) is 14.5. The number of pyridine rings is 1. The van der Waals surface area contributed by atoms with Crippen LogP contribution in [0.25, 0.3) is 27.5 Å². The number of nitrogens with zero attached hydrogens (tertiary/aromatic N) is 9. The molecule has 1 atom stereocenters. The van der Waals surface area contributed by atoms with Crippen molar-refractivity contribution in [2.45, 2.75) is 44.6 Å². The summed E-state index contributed by atoms with van der Waals surface area (Å²) < 4.78 is 1.77. The average molecular weight is 784 g/mol. The van der Waals surface area contributed by atoms with Gasteiger partial charge in [0.25, 0.3) is 17.7 Å². The van der Waals surface area contributed by atoms with E-state index in [9.17, 15) is 29.2 Å². The van der Waals surface area contributed by atoms with Gasteiger partial charge in [0.2, 0.25) is 16.9 Å². The van der Waals surface area contributed by atoms with Crippen LogP contribution in [-0.4, -0.2) is 103 Å². The van der Waals surface area contributed by atoms with Crippen LogP contribution in [0, 0.1) is 23.2 Å². The Kier molecular flexibility index (Phi) is 9.20. The first-order valence-corrected chi connectivity index (χ1v) is 19.8. The molecular weight excluding hydrogens is 747 g/mol. The molecule has 1 unspecified atom stereocenters. The van der Waals surface area contributed by atoms with Gasteiger partial charge in [-0.3, -0.25) is 39.2 Å². The topological polar surface area (TPSA) is 199 Å². The summed E-state index contributed by atoms with van der Waals surface area (Å²) in [5.41, 5.74) is 5.18. The van der Waals surface area contributed by atoms with Gasteiger partial charge in [-0.15, -0.1) is 10.2 Å². The van der Waals surface area contributed by atoms with E-state index < -0.39 is 29.7 Å². The lowest BCUT2D eigenvalue weighted by Crippen LogP contribution is -2.54. The number of carbonyl (C=O) groups excluding carboxylic acids is 5. The molecule has 0 spiro atoms. The molecule has 4 aliphatic heterocycles. The zero-order chi connectivity index (χ0) is 39.4. The van der Waals surface area contributed by atoms with Crippen molar-refractivity contribution in [3.8, 4) is 28.0 Å². The molecule has 5 amide bonds. The number of benzene rings is 1. The molecule has 17 heteroatoms. The summed E-state index contributed by atoms with van der Waals surface area (Å²) in [6, 6.07) is 13.2. The number of imide groups is 2. The lowest BCUT2D eigenvalue weighted by molar-refractivity contribution is -0.136. The number of anilines is 2. The maximum absolute atomic E-state index is 13.6. The highest BCUT2D eigenvalue weighted by Crippen LogP contribution is 2.39. The van der Waals surface area contributed by atoms with Crippen molar-refractivity contribution in [1.82, 2.24) is 39.9 Å². The van der Waals surface area contributed by atoms with E-state index in [1.165, 1.54) is 12.1 Å². The maximum atomic E-state index is 13.6. The second-order valence-electron chi connectivity index (χ2n) is 14.8. The Morgan fingerprint density at radius 2 is 1.63 bits per heavy atom. The molecule has 57 heavy (non-hydrogen) atoms. The molecule has 9 rings (SSSR count). The average Bonchev–Trinajstić information content (AvgIpc) is 3.97. The van der Waals surface area contributed by atoms with Crippen molar-refractivity contribution >= 4 is 57.2 Å². The first-order chi connectivity index (χ1) is 27.7. The largest absolute Gasteiger partial charge is 0.387 e. The Labute approximate surface area is 330 Å². The third-order valence-corrected chi connectivity index (χ3v) is 12.7. The SMILES string of the molecule is CNc1cc(-c2ccc3cc(C#N)cnn23)ncc1-c1nnc(N2CCC(C3CCN(C(=O)c4ccc5c(c4)C(=O)N(C4CCC(=O)NC4=O)C5=O)CC3)CC2)s1. The number of carbonyl (C=O) groups is 5. The van der Waals surface area contributed by atoms with Crippen molar-refractivity contribution in [1.29, 1.82) is 5.26 Å². The van der Waals surface area contributed by atoms with Crippen LogP contribution < -0.4 is 15.5 Å². The molecule has 8 heterocycles. The van der Waals surface area contributed by atoms with Gasteiger partial charge in [-0.2, -0.15) is 10.4 Å². The van der Waals surface area contributed by atoms with E-state index >= 15 is 0 Å². The minimum absolute atomic E-state index is 0.0417. The van der Waals surface area contributed by atoms with E-state index in [0.717, 1.165) is 82.0 Å². The molecule has 4 aromatic heterocycles. The predicted molar refractivity (Wildman–Crippen MR) is 208 cm³/mol. The smallest absolute Gasteiger partial charge is 0.262 e. The van der Waals surface area contributed by atoms with Crippen LogP contribution in [0.15, 0.2) is 54.9 Å². The Morgan fingerprint density at radius 3 is 2.37 bits per heavy atom. The fourth-order valence-corrected chi connectivity index (χ4v) is 9.52. The van der Waals surface area contributed by atoms with Gasteiger partial charge in [-0.05, 0) is 86.4 Å². The molecule has 0 bridgehead atoms. The molecule has 0 radical (unpaired) electrons. The Balaban J connectivity index is 0.796. The summed E-state index contributed by atoms with van der Waals surface area (Å²) in [6.07, 6.45) is 7.27. The van der Waals surface area contributed by atoms with E-state index in [4.69, 9.17) is 4.98 Å². The van der Waals surface area contributed by atoms with Crippen LogP contribution in [0.5, 0.6) is 0 Å². The second-order valence-corrected chi connectivity index (χ2v) is 15.8. The predicted octanol–water partition coefficient (Wildman–Crippen LogP) is 4.00. The third kappa shape index (κ3) is 6.45. The number of aromatic nitrogens is 5. The highest BCUT2D eigenvalue weighted by molar-refractivity contribution is 7.18. The molecule has 16 nitrogen and oxygen atoms in total. The number of hydrogen-bond acceptors (Lipinski definition) is 13. The summed E-state index contributed by atoms with van der Waals surface area (Å²) in [5, 5.41) is 29.9.